The third-order valence-corrected chi connectivity index (χ3v) is 5.05. The smallest absolute Gasteiger partial charge is 0.274 e. The van der Waals surface area contributed by atoms with E-state index >= 15 is 0 Å². The molecule has 8 heteroatoms. The standard InChI is InChI=1S/C25H28N4O4/c1-4-28(18-19-10-12-20(13-11-19)24(31)27(2)3)25(32)22-14-15-23(30)29(26-22)16-17-33-21-8-6-5-7-9-21/h5-15H,4,16-18H2,1-3H3. The first-order valence-electron chi connectivity index (χ1n) is 10.7. The summed E-state index contributed by atoms with van der Waals surface area (Å²) in [7, 11) is 3.40. The van der Waals surface area contributed by atoms with Crippen molar-refractivity contribution in [3.05, 3.63) is 93.9 Å². The Morgan fingerprint density at radius 2 is 1.64 bits per heavy atom. The third kappa shape index (κ3) is 6.29. The molecule has 3 aromatic rings. The van der Waals surface area contributed by atoms with E-state index < -0.39 is 0 Å². The van der Waals surface area contributed by atoms with Crippen molar-refractivity contribution in [3.8, 4) is 5.75 Å². The zero-order chi connectivity index (χ0) is 23.8. The Balaban J connectivity index is 1.67. The number of amides is 2. The number of benzene rings is 2. The van der Waals surface area contributed by atoms with Crippen molar-refractivity contribution < 1.29 is 14.3 Å². The van der Waals surface area contributed by atoms with Crippen LogP contribution in [-0.4, -0.2) is 58.6 Å². The molecule has 0 aliphatic heterocycles. The first-order valence-corrected chi connectivity index (χ1v) is 10.7. The number of para-hydroxylation sites is 1. The van der Waals surface area contributed by atoms with Gasteiger partial charge in [-0.1, -0.05) is 30.3 Å². The number of aromatic nitrogens is 2. The van der Waals surface area contributed by atoms with Gasteiger partial charge in [-0.2, -0.15) is 5.10 Å². The summed E-state index contributed by atoms with van der Waals surface area (Å²) in [6.07, 6.45) is 0. The SMILES string of the molecule is CCN(Cc1ccc(C(=O)N(C)C)cc1)C(=O)c1ccc(=O)n(CCOc2ccccc2)n1. The van der Waals surface area contributed by atoms with Gasteiger partial charge in [0, 0.05) is 38.8 Å². The Morgan fingerprint density at radius 3 is 2.27 bits per heavy atom. The molecule has 0 aliphatic rings. The molecule has 0 atom stereocenters. The maximum Gasteiger partial charge on any atom is 0.274 e. The molecule has 0 fully saturated rings. The van der Waals surface area contributed by atoms with Crippen LogP contribution in [0.5, 0.6) is 5.75 Å². The fourth-order valence-corrected chi connectivity index (χ4v) is 3.21. The highest BCUT2D eigenvalue weighted by Crippen LogP contribution is 2.11. The Bertz CT molecular complexity index is 1140. The lowest BCUT2D eigenvalue weighted by Gasteiger charge is -2.21. The summed E-state index contributed by atoms with van der Waals surface area (Å²) in [6, 6.07) is 19.3. The Hall–Kier alpha value is -3.94. The lowest BCUT2D eigenvalue weighted by atomic mass is 10.1. The highest BCUT2D eigenvalue weighted by atomic mass is 16.5. The van der Waals surface area contributed by atoms with E-state index in [1.807, 2.05) is 49.4 Å². The summed E-state index contributed by atoms with van der Waals surface area (Å²) in [5, 5.41) is 4.25. The lowest BCUT2D eigenvalue weighted by molar-refractivity contribution is 0.0742. The van der Waals surface area contributed by atoms with Crippen LogP contribution in [0, 0.1) is 0 Å². The lowest BCUT2D eigenvalue weighted by Crippen LogP contribution is -2.34. The topological polar surface area (TPSA) is 84.7 Å². The van der Waals surface area contributed by atoms with Crippen molar-refractivity contribution in [2.45, 2.75) is 20.0 Å². The van der Waals surface area contributed by atoms with E-state index in [1.165, 1.54) is 21.7 Å². The third-order valence-electron chi connectivity index (χ3n) is 5.05. The van der Waals surface area contributed by atoms with Gasteiger partial charge in [-0.25, -0.2) is 4.68 Å². The maximum atomic E-state index is 13.1. The van der Waals surface area contributed by atoms with Gasteiger partial charge in [0.2, 0.25) is 0 Å². The molecule has 172 valence electrons. The van der Waals surface area contributed by atoms with Crippen molar-refractivity contribution in [2.24, 2.45) is 0 Å². The quantitative estimate of drug-likeness (QED) is 0.503. The van der Waals surface area contributed by atoms with Gasteiger partial charge in [0.15, 0.2) is 0 Å². The molecular weight excluding hydrogens is 420 g/mol. The summed E-state index contributed by atoms with van der Waals surface area (Å²) in [4.78, 5) is 40.5. The molecule has 33 heavy (non-hydrogen) atoms. The summed E-state index contributed by atoms with van der Waals surface area (Å²) in [5.74, 6) is 0.351. The molecule has 0 bridgehead atoms. The summed E-state index contributed by atoms with van der Waals surface area (Å²) in [6.45, 7) is 3.19. The molecule has 0 saturated carbocycles. The number of hydrogen-bond acceptors (Lipinski definition) is 5. The number of carbonyl (C=O) groups is 2. The Morgan fingerprint density at radius 1 is 0.939 bits per heavy atom. The largest absolute Gasteiger partial charge is 0.492 e. The van der Waals surface area contributed by atoms with Gasteiger partial charge in [0.25, 0.3) is 17.4 Å². The van der Waals surface area contributed by atoms with E-state index in [-0.39, 0.29) is 36.2 Å². The molecular formula is C25H28N4O4. The summed E-state index contributed by atoms with van der Waals surface area (Å²) >= 11 is 0. The van der Waals surface area contributed by atoms with Crippen molar-refractivity contribution in [2.75, 3.05) is 27.2 Å². The summed E-state index contributed by atoms with van der Waals surface area (Å²) in [5.41, 5.74) is 1.37. The zero-order valence-electron chi connectivity index (χ0n) is 19.1. The van der Waals surface area contributed by atoms with Crippen LogP contribution >= 0.6 is 0 Å². The average Bonchev–Trinajstić information content (AvgIpc) is 2.83. The molecule has 0 unspecified atom stereocenters. The fourth-order valence-electron chi connectivity index (χ4n) is 3.21. The van der Waals surface area contributed by atoms with Crippen LogP contribution in [0.1, 0.15) is 33.3 Å². The number of hydrogen-bond donors (Lipinski definition) is 0. The first kappa shape index (κ1) is 23.7. The van der Waals surface area contributed by atoms with Crippen molar-refractivity contribution in [1.29, 1.82) is 0 Å². The van der Waals surface area contributed by atoms with Crippen LogP contribution in [0.15, 0.2) is 71.5 Å². The maximum absolute atomic E-state index is 13.1. The van der Waals surface area contributed by atoms with Gasteiger partial charge in [0.05, 0.1) is 6.54 Å². The second kappa shape index (κ2) is 11.1. The Kier molecular flexibility index (Phi) is 7.96. The molecule has 2 amide bonds. The zero-order valence-corrected chi connectivity index (χ0v) is 19.1. The van der Waals surface area contributed by atoms with Crippen molar-refractivity contribution in [3.63, 3.8) is 0 Å². The minimum Gasteiger partial charge on any atom is -0.492 e. The van der Waals surface area contributed by atoms with Gasteiger partial charge < -0.3 is 14.5 Å². The van der Waals surface area contributed by atoms with Crippen LogP contribution < -0.4 is 10.3 Å². The number of ether oxygens (including phenoxy) is 1. The number of carbonyl (C=O) groups excluding carboxylic acids is 2. The molecule has 0 N–H and O–H groups in total. The molecule has 0 spiro atoms. The minimum absolute atomic E-state index is 0.0762. The summed E-state index contributed by atoms with van der Waals surface area (Å²) < 4.78 is 6.87. The van der Waals surface area contributed by atoms with Crippen LogP contribution in [0.3, 0.4) is 0 Å². The van der Waals surface area contributed by atoms with Gasteiger partial charge in [-0.3, -0.25) is 14.4 Å². The number of nitrogens with zero attached hydrogens (tertiary/aromatic N) is 4. The van der Waals surface area contributed by atoms with E-state index in [9.17, 15) is 14.4 Å². The highest BCUT2D eigenvalue weighted by molar-refractivity contribution is 5.94. The van der Waals surface area contributed by atoms with E-state index in [4.69, 9.17) is 4.74 Å². The first-order chi connectivity index (χ1) is 15.9. The predicted octanol–water partition coefficient (Wildman–Crippen LogP) is 2.69. The fraction of sp³-hybridized carbons (Fsp3) is 0.280. The molecule has 1 aromatic heterocycles. The molecule has 2 aromatic carbocycles. The van der Waals surface area contributed by atoms with Gasteiger partial charge >= 0.3 is 0 Å². The van der Waals surface area contributed by atoms with E-state index in [2.05, 4.69) is 5.10 Å². The molecule has 3 rings (SSSR count). The monoisotopic (exact) mass is 448 g/mol. The highest BCUT2D eigenvalue weighted by Gasteiger charge is 2.18. The molecule has 0 radical (unpaired) electrons. The second-order valence-corrected chi connectivity index (χ2v) is 7.66. The average molecular weight is 449 g/mol. The van der Waals surface area contributed by atoms with Gasteiger partial charge in [-0.05, 0) is 42.8 Å². The van der Waals surface area contributed by atoms with Crippen LogP contribution in [0.25, 0.3) is 0 Å². The Labute approximate surface area is 193 Å². The van der Waals surface area contributed by atoms with E-state index in [1.54, 1.807) is 31.1 Å². The van der Waals surface area contributed by atoms with E-state index in [0.717, 1.165) is 5.56 Å². The molecule has 8 nitrogen and oxygen atoms in total. The predicted molar refractivity (Wildman–Crippen MR) is 125 cm³/mol. The van der Waals surface area contributed by atoms with Gasteiger partial charge in [-0.15, -0.1) is 0 Å². The number of rotatable bonds is 9. The van der Waals surface area contributed by atoms with Crippen molar-refractivity contribution in [1.82, 2.24) is 19.6 Å². The molecule has 1 heterocycles. The molecule has 0 saturated heterocycles. The normalized spacial score (nSPS) is 10.5. The van der Waals surface area contributed by atoms with Gasteiger partial charge in [0.1, 0.15) is 18.1 Å². The van der Waals surface area contributed by atoms with Crippen LogP contribution in [0.2, 0.25) is 0 Å². The van der Waals surface area contributed by atoms with Crippen molar-refractivity contribution >= 4 is 11.8 Å². The molecule has 0 aliphatic carbocycles. The van der Waals surface area contributed by atoms with E-state index in [0.29, 0.717) is 24.4 Å². The minimum atomic E-state index is -0.299. The second-order valence-electron chi connectivity index (χ2n) is 7.66. The van der Waals surface area contributed by atoms with Crippen LogP contribution in [-0.2, 0) is 13.1 Å². The van der Waals surface area contributed by atoms with Crippen LogP contribution in [0.4, 0.5) is 0 Å².